The summed E-state index contributed by atoms with van der Waals surface area (Å²) in [6.07, 6.45) is 2.16. The van der Waals surface area contributed by atoms with Crippen LogP contribution in [0.2, 0.25) is 0 Å². The fourth-order valence-corrected chi connectivity index (χ4v) is 2.08. The Hall–Kier alpha value is -1.69. The Bertz CT molecular complexity index is 449. The van der Waals surface area contributed by atoms with E-state index in [1.165, 1.54) is 0 Å². The van der Waals surface area contributed by atoms with Gasteiger partial charge in [-0.2, -0.15) is 0 Å². The van der Waals surface area contributed by atoms with Crippen molar-refractivity contribution in [1.29, 1.82) is 5.41 Å². The maximum Gasteiger partial charge on any atom is 0.257 e. The molecule has 1 rings (SSSR count). The predicted molar refractivity (Wildman–Crippen MR) is 78.1 cm³/mol. The number of hydrogen-bond donors (Lipinski definition) is 3. The Balaban J connectivity index is 2.91. The number of carbonyl (C=O) groups excluding carboxylic acids is 1. The highest BCUT2D eigenvalue weighted by Crippen LogP contribution is 2.23. The van der Waals surface area contributed by atoms with Gasteiger partial charge in [0, 0.05) is 43.5 Å². The van der Waals surface area contributed by atoms with Gasteiger partial charge in [0.05, 0.1) is 11.9 Å². The van der Waals surface area contributed by atoms with Gasteiger partial charge in [-0.15, -0.1) is 0 Å². The van der Waals surface area contributed by atoms with Crippen molar-refractivity contribution in [3.05, 3.63) is 23.2 Å². The SMILES string of the molecule is CC(C)(C)N1CCC(NC/C(=C/F)CN)=C(C=N)C1=O. The number of halogens is 1. The Morgan fingerprint density at radius 3 is 2.65 bits per heavy atom. The van der Waals surface area contributed by atoms with Crippen LogP contribution in [0.25, 0.3) is 0 Å². The molecule has 0 unspecified atom stereocenters. The topological polar surface area (TPSA) is 82.2 Å². The standard InChI is InChI=1S/C14H23FN4O/c1-14(2,3)19-5-4-12(11(8-17)13(19)20)18-9-10(6-15)7-16/h6,8,17-18H,4-5,7,9,16H2,1-3H3/b10-6+,17-8?. The lowest BCUT2D eigenvalue weighted by Crippen LogP contribution is -2.50. The van der Waals surface area contributed by atoms with E-state index in [4.69, 9.17) is 11.1 Å². The van der Waals surface area contributed by atoms with Crippen LogP contribution in [0.15, 0.2) is 23.2 Å². The van der Waals surface area contributed by atoms with Crippen molar-refractivity contribution in [1.82, 2.24) is 10.2 Å². The lowest BCUT2D eigenvalue weighted by atomic mass is 9.98. The molecule has 0 saturated carbocycles. The van der Waals surface area contributed by atoms with E-state index < -0.39 is 0 Å². The molecule has 1 amide bonds. The molecule has 0 fully saturated rings. The minimum atomic E-state index is -0.280. The molecule has 1 heterocycles. The van der Waals surface area contributed by atoms with Crippen molar-refractivity contribution in [3.8, 4) is 0 Å². The van der Waals surface area contributed by atoms with Crippen LogP contribution in [0.3, 0.4) is 0 Å². The number of nitrogens with one attached hydrogen (secondary N) is 2. The Morgan fingerprint density at radius 1 is 1.55 bits per heavy atom. The summed E-state index contributed by atoms with van der Waals surface area (Å²) < 4.78 is 12.5. The van der Waals surface area contributed by atoms with Gasteiger partial charge < -0.3 is 21.4 Å². The summed E-state index contributed by atoms with van der Waals surface area (Å²) in [5.41, 5.74) is 6.55. The smallest absolute Gasteiger partial charge is 0.257 e. The summed E-state index contributed by atoms with van der Waals surface area (Å²) in [6, 6.07) is 0. The normalized spacial score (nSPS) is 17.6. The average Bonchev–Trinajstić information content (AvgIpc) is 2.38. The van der Waals surface area contributed by atoms with Crippen LogP contribution in [0, 0.1) is 5.41 Å². The fraction of sp³-hybridized carbons (Fsp3) is 0.571. The average molecular weight is 282 g/mol. The first kappa shape index (κ1) is 16.4. The zero-order chi connectivity index (χ0) is 15.3. The minimum Gasteiger partial charge on any atom is -0.384 e. The van der Waals surface area contributed by atoms with Gasteiger partial charge in [-0.25, -0.2) is 4.39 Å². The van der Waals surface area contributed by atoms with E-state index in [1.54, 1.807) is 4.90 Å². The Morgan fingerprint density at radius 2 is 2.20 bits per heavy atom. The molecule has 0 aromatic carbocycles. The maximum absolute atomic E-state index is 12.5. The first-order chi connectivity index (χ1) is 9.35. The van der Waals surface area contributed by atoms with Crippen LogP contribution in [0.4, 0.5) is 4.39 Å². The molecule has 1 aliphatic heterocycles. The van der Waals surface area contributed by atoms with E-state index in [0.29, 0.717) is 36.1 Å². The molecule has 0 atom stereocenters. The highest BCUT2D eigenvalue weighted by molar-refractivity contribution is 6.12. The number of nitrogens with two attached hydrogens (primary N) is 1. The predicted octanol–water partition coefficient (Wildman–Crippen LogP) is 1.32. The van der Waals surface area contributed by atoms with Crippen molar-refractivity contribution >= 4 is 12.1 Å². The number of nitrogens with zero attached hydrogens (tertiary/aromatic N) is 1. The first-order valence-corrected chi connectivity index (χ1v) is 6.62. The van der Waals surface area contributed by atoms with E-state index in [0.717, 1.165) is 6.21 Å². The van der Waals surface area contributed by atoms with E-state index in [9.17, 15) is 9.18 Å². The summed E-state index contributed by atoms with van der Waals surface area (Å²) in [5.74, 6) is -0.167. The second kappa shape index (κ2) is 6.65. The molecule has 0 bridgehead atoms. The molecule has 112 valence electrons. The second-order valence-corrected chi connectivity index (χ2v) is 5.74. The largest absolute Gasteiger partial charge is 0.384 e. The van der Waals surface area contributed by atoms with E-state index >= 15 is 0 Å². The lowest BCUT2D eigenvalue weighted by molar-refractivity contribution is -0.131. The van der Waals surface area contributed by atoms with Gasteiger partial charge in [0.1, 0.15) is 0 Å². The first-order valence-electron chi connectivity index (χ1n) is 6.62. The zero-order valence-electron chi connectivity index (χ0n) is 12.3. The van der Waals surface area contributed by atoms with Gasteiger partial charge >= 0.3 is 0 Å². The third-order valence-corrected chi connectivity index (χ3v) is 3.29. The molecule has 6 heteroatoms. The van der Waals surface area contributed by atoms with Gasteiger partial charge in [0.2, 0.25) is 0 Å². The van der Waals surface area contributed by atoms with Gasteiger partial charge in [-0.1, -0.05) is 0 Å². The highest BCUT2D eigenvalue weighted by atomic mass is 19.1. The molecule has 0 aromatic rings. The number of carbonyl (C=O) groups is 1. The Labute approximate surface area is 119 Å². The van der Waals surface area contributed by atoms with Crippen molar-refractivity contribution in [2.75, 3.05) is 19.6 Å². The summed E-state index contributed by atoms with van der Waals surface area (Å²) >= 11 is 0. The second-order valence-electron chi connectivity index (χ2n) is 5.74. The van der Waals surface area contributed by atoms with Crippen LogP contribution in [0.1, 0.15) is 27.2 Å². The molecular weight excluding hydrogens is 259 g/mol. The van der Waals surface area contributed by atoms with Gasteiger partial charge in [0.15, 0.2) is 0 Å². The molecule has 0 radical (unpaired) electrons. The van der Waals surface area contributed by atoms with E-state index in [2.05, 4.69) is 5.32 Å². The molecule has 1 aliphatic rings. The number of hydrogen-bond acceptors (Lipinski definition) is 4. The minimum absolute atomic E-state index is 0.124. The van der Waals surface area contributed by atoms with Crippen molar-refractivity contribution in [2.45, 2.75) is 32.7 Å². The van der Waals surface area contributed by atoms with Crippen molar-refractivity contribution in [2.24, 2.45) is 5.73 Å². The van der Waals surface area contributed by atoms with Gasteiger partial charge in [0.25, 0.3) is 5.91 Å². The van der Waals surface area contributed by atoms with Crippen molar-refractivity contribution < 1.29 is 9.18 Å². The van der Waals surface area contributed by atoms with Crippen LogP contribution in [-0.2, 0) is 4.79 Å². The fourth-order valence-electron chi connectivity index (χ4n) is 2.08. The summed E-state index contributed by atoms with van der Waals surface area (Å²) in [4.78, 5) is 14.1. The van der Waals surface area contributed by atoms with Crippen LogP contribution >= 0.6 is 0 Å². The maximum atomic E-state index is 12.5. The van der Waals surface area contributed by atoms with E-state index in [1.807, 2.05) is 20.8 Å². The lowest BCUT2D eigenvalue weighted by Gasteiger charge is -2.39. The molecule has 0 spiro atoms. The molecule has 5 nitrogen and oxygen atoms in total. The summed E-state index contributed by atoms with van der Waals surface area (Å²) in [7, 11) is 0. The Kier molecular flexibility index (Phi) is 5.44. The third kappa shape index (κ3) is 3.66. The molecule has 4 N–H and O–H groups in total. The third-order valence-electron chi connectivity index (χ3n) is 3.29. The molecule has 20 heavy (non-hydrogen) atoms. The van der Waals surface area contributed by atoms with Gasteiger partial charge in [-0.3, -0.25) is 4.79 Å². The zero-order valence-corrected chi connectivity index (χ0v) is 12.3. The van der Waals surface area contributed by atoms with Gasteiger partial charge in [-0.05, 0) is 26.3 Å². The quantitative estimate of drug-likeness (QED) is 0.665. The summed E-state index contributed by atoms with van der Waals surface area (Å²) in [5, 5.41) is 10.5. The molecule has 0 aromatic heterocycles. The van der Waals surface area contributed by atoms with Crippen LogP contribution in [-0.4, -0.2) is 42.2 Å². The number of amides is 1. The van der Waals surface area contributed by atoms with Crippen LogP contribution in [0.5, 0.6) is 0 Å². The highest BCUT2D eigenvalue weighted by Gasteiger charge is 2.32. The molecule has 0 saturated heterocycles. The summed E-state index contributed by atoms with van der Waals surface area (Å²) in [6.45, 7) is 6.84. The number of rotatable bonds is 5. The monoisotopic (exact) mass is 282 g/mol. The molecular formula is C14H23FN4O. The molecule has 0 aliphatic carbocycles. The van der Waals surface area contributed by atoms with E-state index in [-0.39, 0.29) is 24.5 Å². The van der Waals surface area contributed by atoms with Crippen LogP contribution < -0.4 is 11.1 Å². The van der Waals surface area contributed by atoms with Crippen molar-refractivity contribution in [3.63, 3.8) is 0 Å².